The minimum atomic E-state index is -0.0456. The summed E-state index contributed by atoms with van der Waals surface area (Å²) in [4.78, 5) is 27.5. The van der Waals surface area contributed by atoms with Crippen LogP contribution in [-0.4, -0.2) is 29.8 Å². The van der Waals surface area contributed by atoms with Crippen molar-refractivity contribution in [2.24, 2.45) is 5.92 Å². The van der Waals surface area contributed by atoms with E-state index < -0.39 is 0 Å². The molecule has 6 heteroatoms. The van der Waals surface area contributed by atoms with Crippen LogP contribution in [0.15, 0.2) is 40.2 Å². The number of rotatable bonds is 3. The van der Waals surface area contributed by atoms with Gasteiger partial charge in [0.25, 0.3) is 5.91 Å². The number of benzene rings is 1. The first-order chi connectivity index (χ1) is 11.5. The van der Waals surface area contributed by atoms with Crippen LogP contribution in [0.3, 0.4) is 0 Å². The molecule has 0 saturated carbocycles. The number of nitrogens with zero attached hydrogens (tertiary/aromatic N) is 1. The van der Waals surface area contributed by atoms with E-state index in [0.29, 0.717) is 25.9 Å². The lowest BCUT2D eigenvalue weighted by molar-refractivity contribution is -0.121. The lowest BCUT2D eigenvalue weighted by Crippen LogP contribution is -2.41. The molecule has 2 amide bonds. The molecule has 1 saturated heterocycles. The molecule has 0 atom stereocenters. The summed E-state index contributed by atoms with van der Waals surface area (Å²) in [5.41, 5.74) is 1.88. The van der Waals surface area contributed by atoms with Gasteiger partial charge in [0.1, 0.15) is 0 Å². The topological polar surface area (TPSA) is 49.4 Å². The molecule has 1 fully saturated rings. The van der Waals surface area contributed by atoms with E-state index in [1.54, 1.807) is 0 Å². The maximum absolute atomic E-state index is 12.5. The molecule has 24 heavy (non-hydrogen) atoms. The molecule has 0 aliphatic carbocycles. The molecule has 126 valence electrons. The lowest BCUT2D eigenvalue weighted by Gasteiger charge is -2.31. The van der Waals surface area contributed by atoms with Gasteiger partial charge in [0, 0.05) is 29.2 Å². The van der Waals surface area contributed by atoms with Crippen molar-refractivity contribution in [3.8, 4) is 0 Å². The average molecular weight is 407 g/mol. The largest absolute Gasteiger partial charge is 0.338 e. The molecule has 0 spiro atoms. The second-order valence-corrected chi connectivity index (χ2v) is 7.86. The van der Waals surface area contributed by atoms with Gasteiger partial charge in [-0.1, -0.05) is 28.1 Å². The van der Waals surface area contributed by atoms with Crippen molar-refractivity contribution in [1.29, 1.82) is 0 Å². The Bertz CT molecular complexity index is 737. The molecular formula is C18H19BrN2O2S. The Morgan fingerprint density at radius 2 is 2.00 bits per heavy atom. The summed E-state index contributed by atoms with van der Waals surface area (Å²) in [6.45, 7) is 3.24. The fourth-order valence-electron chi connectivity index (χ4n) is 2.86. The molecule has 4 nitrogen and oxygen atoms in total. The number of amides is 2. The Hall–Kier alpha value is -1.66. The summed E-state index contributed by atoms with van der Waals surface area (Å²) >= 11 is 4.89. The van der Waals surface area contributed by atoms with Crippen molar-refractivity contribution in [3.63, 3.8) is 0 Å². The number of hydrogen-bond donors (Lipinski definition) is 1. The molecule has 0 radical (unpaired) electrons. The van der Waals surface area contributed by atoms with Crippen LogP contribution in [0.5, 0.6) is 0 Å². The van der Waals surface area contributed by atoms with E-state index in [-0.39, 0.29) is 17.7 Å². The van der Waals surface area contributed by atoms with Crippen LogP contribution in [0.1, 0.15) is 28.1 Å². The van der Waals surface area contributed by atoms with Gasteiger partial charge in [-0.3, -0.25) is 9.59 Å². The Morgan fingerprint density at radius 3 is 2.67 bits per heavy atom. The van der Waals surface area contributed by atoms with E-state index in [1.165, 1.54) is 11.3 Å². The number of carbonyl (C=O) groups is 2. The van der Waals surface area contributed by atoms with Crippen LogP contribution < -0.4 is 5.32 Å². The number of aryl methyl sites for hydroxylation is 1. The van der Waals surface area contributed by atoms with E-state index in [9.17, 15) is 9.59 Å². The molecule has 3 rings (SSSR count). The zero-order valence-electron chi connectivity index (χ0n) is 13.4. The quantitative estimate of drug-likeness (QED) is 0.825. The maximum Gasteiger partial charge on any atom is 0.263 e. The van der Waals surface area contributed by atoms with Crippen molar-refractivity contribution in [3.05, 3.63) is 50.6 Å². The van der Waals surface area contributed by atoms with E-state index in [0.717, 1.165) is 20.6 Å². The van der Waals surface area contributed by atoms with Crippen molar-refractivity contribution in [2.75, 3.05) is 18.4 Å². The van der Waals surface area contributed by atoms with E-state index in [1.807, 2.05) is 47.5 Å². The van der Waals surface area contributed by atoms with Crippen molar-refractivity contribution in [2.45, 2.75) is 19.8 Å². The summed E-state index contributed by atoms with van der Waals surface area (Å²) in [6, 6.07) is 9.59. The number of nitrogens with one attached hydrogen (secondary N) is 1. The predicted molar refractivity (Wildman–Crippen MR) is 100 cm³/mol. The standard InChI is InChI=1S/C18H19BrN2O2S/c1-12-4-5-14(19)11-15(12)20-17(22)13-6-8-21(9-7-13)18(23)16-3-2-10-24-16/h2-5,10-11,13H,6-9H2,1H3,(H,20,22). The first-order valence-electron chi connectivity index (χ1n) is 7.94. The highest BCUT2D eigenvalue weighted by Crippen LogP contribution is 2.25. The highest BCUT2D eigenvalue weighted by Gasteiger charge is 2.28. The van der Waals surface area contributed by atoms with Gasteiger partial charge >= 0.3 is 0 Å². The molecule has 0 unspecified atom stereocenters. The molecule has 1 aliphatic heterocycles. The van der Waals surface area contributed by atoms with Gasteiger partial charge in [-0.05, 0) is 48.9 Å². The van der Waals surface area contributed by atoms with Crippen LogP contribution in [0.4, 0.5) is 5.69 Å². The minimum Gasteiger partial charge on any atom is -0.338 e. The molecule has 1 aromatic carbocycles. The number of hydrogen-bond acceptors (Lipinski definition) is 3. The molecule has 1 N–H and O–H groups in total. The van der Waals surface area contributed by atoms with Crippen molar-refractivity contribution in [1.82, 2.24) is 4.90 Å². The van der Waals surface area contributed by atoms with Gasteiger partial charge in [0.05, 0.1) is 4.88 Å². The number of thiophene rings is 1. The fourth-order valence-corrected chi connectivity index (χ4v) is 3.92. The number of likely N-dealkylation sites (tertiary alicyclic amines) is 1. The van der Waals surface area contributed by atoms with Crippen LogP contribution >= 0.6 is 27.3 Å². The highest BCUT2D eigenvalue weighted by atomic mass is 79.9. The first-order valence-corrected chi connectivity index (χ1v) is 9.61. The Kier molecular flexibility index (Phi) is 5.36. The van der Waals surface area contributed by atoms with Crippen LogP contribution in [0.2, 0.25) is 0 Å². The monoisotopic (exact) mass is 406 g/mol. The average Bonchev–Trinajstić information content (AvgIpc) is 3.12. The van der Waals surface area contributed by atoms with Gasteiger partial charge in [-0.15, -0.1) is 11.3 Å². The normalized spacial score (nSPS) is 15.3. The molecular weight excluding hydrogens is 388 g/mol. The second-order valence-electron chi connectivity index (χ2n) is 5.99. The third-order valence-corrected chi connectivity index (χ3v) is 5.69. The van der Waals surface area contributed by atoms with Gasteiger partial charge in [0.2, 0.25) is 5.91 Å². The molecule has 0 bridgehead atoms. The molecule has 1 aromatic heterocycles. The Labute approximate surface area is 154 Å². The molecule has 1 aliphatic rings. The van der Waals surface area contributed by atoms with Gasteiger partial charge in [0.15, 0.2) is 0 Å². The van der Waals surface area contributed by atoms with E-state index in [2.05, 4.69) is 21.2 Å². The van der Waals surface area contributed by atoms with Crippen LogP contribution in [0.25, 0.3) is 0 Å². The fraction of sp³-hybridized carbons (Fsp3) is 0.333. The SMILES string of the molecule is Cc1ccc(Br)cc1NC(=O)C1CCN(C(=O)c2cccs2)CC1. The number of piperidine rings is 1. The molecule has 2 heterocycles. The summed E-state index contributed by atoms with van der Waals surface area (Å²) in [5.74, 6) is 0.0712. The minimum absolute atomic E-state index is 0.0411. The van der Waals surface area contributed by atoms with Gasteiger partial charge in [-0.25, -0.2) is 0 Å². The van der Waals surface area contributed by atoms with Crippen LogP contribution in [0, 0.1) is 12.8 Å². The van der Waals surface area contributed by atoms with Crippen molar-refractivity contribution < 1.29 is 9.59 Å². The third kappa shape index (κ3) is 3.87. The van der Waals surface area contributed by atoms with Gasteiger partial charge < -0.3 is 10.2 Å². The van der Waals surface area contributed by atoms with Crippen molar-refractivity contribution >= 4 is 44.8 Å². The number of halogens is 1. The lowest BCUT2D eigenvalue weighted by atomic mass is 9.95. The summed E-state index contributed by atoms with van der Waals surface area (Å²) in [6.07, 6.45) is 1.41. The Balaban J connectivity index is 1.57. The zero-order valence-corrected chi connectivity index (χ0v) is 15.8. The first kappa shape index (κ1) is 17.2. The van der Waals surface area contributed by atoms with E-state index >= 15 is 0 Å². The Morgan fingerprint density at radius 1 is 1.25 bits per heavy atom. The summed E-state index contributed by atoms with van der Waals surface area (Å²) < 4.78 is 0.944. The molecule has 2 aromatic rings. The smallest absolute Gasteiger partial charge is 0.263 e. The number of carbonyl (C=O) groups excluding carboxylic acids is 2. The third-order valence-electron chi connectivity index (χ3n) is 4.34. The number of anilines is 1. The second kappa shape index (κ2) is 7.49. The van der Waals surface area contributed by atoms with Gasteiger partial charge in [-0.2, -0.15) is 0 Å². The maximum atomic E-state index is 12.5. The van der Waals surface area contributed by atoms with E-state index in [4.69, 9.17) is 0 Å². The zero-order chi connectivity index (χ0) is 17.1. The summed E-state index contributed by atoms with van der Waals surface area (Å²) in [7, 11) is 0. The highest BCUT2D eigenvalue weighted by molar-refractivity contribution is 9.10. The van der Waals surface area contributed by atoms with Crippen LogP contribution in [-0.2, 0) is 4.79 Å². The summed E-state index contributed by atoms with van der Waals surface area (Å²) in [5, 5.41) is 4.93. The predicted octanol–water partition coefficient (Wildman–Crippen LogP) is 4.31.